The van der Waals surface area contributed by atoms with Gasteiger partial charge in [-0.25, -0.2) is 4.98 Å². The van der Waals surface area contributed by atoms with Crippen LogP contribution in [0.4, 0.5) is 5.82 Å². The lowest BCUT2D eigenvalue weighted by Gasteiger charge is -2.24. The highest BCUT2D eigenvalue weighted by molar-refractivity contribution is 5.96. The third-order valence-electron chi connectivity index (χ3n) is 5.82. The topological polar surface area (TPSA) is 64.1 Å². The number of carbonyl (C=O) groups excluding carboxylic acids is 1. The Bertz CT molecular complexity index is 1050. The van der Waals surface area contributed by atoms with Crippen molar-refractivity contribution in [1.29, 1.82) is 0 Å². The summed E-state index contributed by atoms with van der Waals surface area (Å²) in [5.74, 6) is 0.382. The van der Waals surface area contributed by atoms with E-state index in [0.717, 1.165) is 47.7 Å². The highest BCUT2D eigenvalue weighted by Crippen LogP contribution is 2.28. The van der Waals surface area contributed by atoms with Gasteiger partial charge in [0, 0.05) is 29.6 Å². The lowest BCUT2D eigenvalue weighted by molar-refractivity contribution is -0.139. The summed E-state index contributed by atoms with van der Waals surface area (Å²) in [5.41, 5.74) is 6.12. The number of ether oxygens (including phenoxy) is 1. The van der Waals surface area contributed by atoms with Crippen molar-refractivity contribution < 1.29 is 9.53 Å². The van der Waals surface area contributed by atoms with Gasteiger partial charge >= 0.3 is 0 Å². The van der Waals surface area contributed by atoms with Crippen molar-refractivity contribution in [3.05, 3.63) is 59.1 Å². The minimum atomic E-state index is -0.354. The highest BCUT2D eigenvalue weighted by Gasteiger charge is 2.26. The molecule has 5 heteroatoms. The fourth-order valence-corrected chi connectivity index (χ4v) is 3.72. The third kappa shape index (κ3) is 5.47. The first kappa shape index (κ1) is 22.9. The molecule has 1 amide bonds. The Hall–Kier alpha value is -2.79. The maximum atomic E-state index is 12.1. The Balaban J connectivity index is 1.86. The standard InChI is InChI=1S/C26H33N3O2/c1-6-9-19(17(4)7-2)12-18(5)22(8-3)23-13-20-16-28-25(14-21(20)15-27-23)29-26(30)24-10-11-31-24/h8,12-16,24H,6-7,9-11H2,1-5H3,(H,28,29,30)/b18-12-,19-17+,22-8+. The first-order valence-electron chi connectivity index (χ1n) is 11.2. The average Bonchev–Trinajstić information content (AvgIpc) is 2.72. The van der Waals surface area contributed by atoms with Gasteiger partial charge in [0.1, 0.15) is 11.9 Å². The summed E-state index contributed by atoms with van der Waals surface area (Å²) in [7, 11) is 0. The smallest absolute Gasteiger partial charge is 0.254 e. The van der Waals surface area contributed by atoms with Gasteiger partial charge in [0.15, 0.2) is 0 Å². The molecule has 0 spiro atoms. The molecule has 1 unspecified atom stereocenters. The molecular weight excluding hydrogens is 386 g/mol. The molecule has 1 atom stereocenters. The van der Waals surface area contributed by atoms with Crippen LogP contribution in [0.2, 0.25) is 0 Å². The Morgan fingerprint density at radius 1 is 1.19 bits per heavy atom. The maximum absolute atomic E-state index is 12.1. The molecule has 3 heterocycles. The predicted octanol–water partition coefficient (Wildman–Crippen LogP) is 6.23. The van der Waals surface area contributed by atoms with Crippen LogP contribution in [0.5, 0.6) is 0 Å². The van der Waals surface area contributed by atoms with Crippen molar-refractivity contribution in [3.8, 4) is 0 Å². The largest absolute Gasteiger partial charge is 0.368 e. The molecule has 1 fully saturated rings. The molecule has 5 nitrogen and oxygen atoms in total. The number of nitrogens with one attached hydrogen (secondary N) is 1. The number of anilines is 1. The molecule has 1 saturated heterocycles. The van der Waals surface area contributed by atoms with Gasteiger partial charge in [0.2, 0.25) is 0 Å². The first-order chi connectivity index (χ1) is 15.0. The van der Waals surface area contributed by atoms with Gasteiger partial charge in [-0.2, -0.15) is 0 Å². The molecule has 2 aromatic rings. The van der Waals surface area contributed by atoms with Crippen molar-refractivity contribution in [1.82, 2.24) is 9.97 Å². The molecule has 31 heavy (non-hydrogen) atoms. The maximum Gasteiger partial charge on any atom is 0.254 e. The van der Waals surface area contributed by atoms with E-state index in [9.17, 15) is 4.79 Å². The molecule has 0 saturated carbocycles. The average molecular weight is 420 g/mol. The fraction of sp³-hybridized carbons (Fsp3) is 0.423. The molecule has 0 aliphatic carbocycles. The summed E-state index contributed by atoms with van der Waals surface area (Å²) < 4.78 is 5.23. The second-order valence-electron chi connectivity index (χ2n) is 8.06. The Kier molecular flexibility index (Phi) is 7.75. The second-order valence-corrected chi connectivity index (χ2v) is 8.06. The van der Waals surface area contributed by atoms with Crippen molar-refractivity contribution in [2.75, 3.05) is 11.9 Å². The van der Waals surface area contributed by atoms with E-state index in [2.05, 4.69) is 56.2 Å². The Labute approximate surface area is 185 Å². The van der Waals surface area contributed by atoms with E-state index in [-0.39, 0.29) is 12.0 Å². The number of nitrogens with zero attached hydrogens (tertiary/aromatic N) is 2. The molecule has 164 valence electrons. The normalized spacial score (nSPS) is 17.9. The molecule has 0 bridgehead atoms. The number of allylic oxidation sites excluding steroid dienone is 6. The SMILES string of the molecule is C\C=C(/C(C)=C\C(CCC)=C(/C)CC)c1cc2cnc(NC(=O)C3CCO3)cc2cn1. The van der Waals surface area contributed by atoms with Gasteiger partial charge < -0.3 is 10.1 Å². The van der Waals surface area contributed by atoms with Crippen LogP contribution < -0.4 is 5.32 Å². The van der Waals surface area contributed by atoms with E-state index >= 15 is 0 Å². The van der Waals surface area contributed by atoms with E-state index < -0.39 is 0 Å². The summed E-state index contributed by atoms with van der Waals surface area (Å²) >= 11 is 0. The monoisotopic (exact) mass is 419 g/mol. The van der Waals surface area contributed by atoms with Crippen LogP contribution in [0.15, 0.2) is 53.4 Å². The van der Waals surface area contributed by atoms with E-state index in [0.29, 0.717) is 12.4 Å². The molecule has 1 N–H and O–H groups in total. The van der Waals surface area contributed by atoms with Crippen LogP contribution >= 0.6 is 0 Å². The highest BCUT2D eigenvalue weighted by atomic mass is 16.5. The molecule has 2 aromatic heterocycles. The van der Waals surface area contributed by atoms with Gasteiger partial charge in [-0.15, -0.1) is 0 Å². The van der Waals surface area contributed by atoms with Crippen molar-refractivity contribution in [3.63, 3.8) is 0 Å². The van der Waals surface area contributed by atoms with E-state index in [1.54, 1.807) is 6.20 Å². The lowest BCUT2D eigenvalue weighted by Crippen LogP contribution is -2.39. The number of pyridine rings is 2. The van der Waals surface area contributed by atoms with Crippen LogP contribution in [0.3, 0.4) is 0 Å². The quantitative estimate of drug-likeness (QED) is 0.515. The number of fused-ring (bicyclic) bond motifs is 1. The molecular formula is C26H33N3O2. The lowest BCUT2D eigenvalue weighted by atomic mass is 9.95. The van der Waals surface area contributed by atoms with Crippen molar-refractivity contribution in [2.24, 2.45) is 0 Å². The second kappa shape index (κ2) is 10.5. The van der Waals surface area contributed by atoms with E-state index in [1.165, 1.54) is 16.7 Å². The van der Waals surface area contributed by atoms with Crippen LogP contribution in [0, 0.1) is 0 Å². The molecule has 3 rings (SSSR count). The zero-order valence-electron chi connectivity index (χ0n) is 19.3. The zero-order valence-corrected chi connectivity index (χ0v) is 19.3. The summed E-state index contributed by atoms with van der Waals surface area (Å²) in [6.45, 7) is 11.5. The number of hydrogen-bond acceptors (Lipinski definition) is 4. The fourth-order valence-electron chi connectivity index (χ4n) is 3.72. The Morgan fingerprint density at radius 2 is 1.90 bits per heavy atom. The zero-order chi connectivity index (χ0) is 22.4. The van der Waals surface area contributed by atoms with Crippen LogP contribution in [-0.2, 0) is 9.53 Å². The summed E-state index contributed by atoms with van der Waals surface area (Å²) in [4.78, 5) is 21.2. The number of amides is 1. The number of hydrogen-bond donors (Lipinski definition) is 1. The van der Waals surface area contributed by atoms with Gasteiger partial charge in [-0.1, -0.05) is 38.0 Å². The summed E-state index contributed by atoms with van der Waals surface area (Å²) in [5, 5.41) is 4.75. The van der Waals surface area contributed by atoms with Gasteiger partial charge in [0.25, 0.3) is 5.91 Å². The summed E-state index contributed by atoms with van der Waals surface area (Å²) in [6, 6.07) is 3.92. The van der Waals surface area contributed by atoms with Gasteiger partial charge in [-0.3, -0.25) is 9.78 Å². The molecule has 1 aliphatic rings. The van der Waals surface area contributed by atoms with E-state index in [4.69, 9.17) is 9.72 Å². The number of rotatable bonds is 8. The number of carbonyl (C=O) groups is 1. The minimum Gasteiger partial charge on any atom is -0.368 e. The molecule has 0 radical (unpaired) electrons. The van der Waals surface area contributed by atoms with Crippen molar-refractivity contribution >= 4 is 28.1 Å². The summed E-state index contributed by atoms with van der Waals surface area (Å²) in [6.07, 6.45) is 11.7. The van der Waals surface area contributed by atoms with Crippen LogP contribution in [0.1, 0.15) is 66.0 Å². The predicted molar refractivity (Wildman–Crippen MR) is 128 cm³/mol. The van der Waals surface area contributed by atoms with Crippen LogP contribution in [0.25, 0.3) is 16.3 Å². The van der Waals surface area contributed by atoms with Crippen LogP contribution in [-0.4, -0.2) is 28.6 Å². The van der Waals surface area contributed by atoms with Gasteiger partial charge in [-0.05, 0) is 62.5 Å². The van der Waals surface area contributed by atoms with E-state index in [1.807, 2.05) is 19.2 Å². The Morgan fingerprint density at radius 3 is 2.52 bits per heavy atom. The first-order valence-corrected chi connectivity index (χ1v) is 11.2. The van der Waals surface area contributed by atoms with Gasteiger partial charge in [0.05, 0.1) is 12.3 Å². The molecule has 1 aliphatic heterocycles. The van der Waals surface area contributed by atoms with Crippen molar-refractivity contribution in [2.45, 2.75) is 66.4 Å². The number of aromatic nitrogens is 2. The molecule has 0 aromatic carbocycles. The third-order valence-corrected chi connectivity index (χ3v) is 5.82. The minimum absolute atomic E-state index is 0.141.